The molecule has 0 fully saturated rings. The Kier molecular flexibility index (Phi) is 4.69. The van der Waals surface area contributed by atoms with Gasteiger partial charge in [-0.3, -0.25) is 9.59 Å². The molecular formula is C13H16O4. The third-order valence-electron chi connectivity index (χ3n) is 2.46. The summed E-state index contributed by atoms with van der Waals surface area (Å²) < 4.78 is 10.2. The number of rotatable bonds is 6. The molecule has 0 spiro atoms. The van der Waals surface area contributed by atoms with Gasteiger partial charge in [-0.15, -0.1) is 0 Å². The van der Waals surface area contributed by atoms with Crippen molar-refractivity contribution in [2.75, 3.05) is 14.2 Å². The van der Waals surface area contributed by atoms with Crippen molar-refractivity contribution >= 4 is 11.6 Å². The van der Waals surface area contributed by atoms with E-state index in [4.69, 9.17) is 9.47 Å². The highest BCUT2D eigenvalue weighted by atomic mass is 16.5. The number of benzene rings is 1. The molecule has 0 radical (unpaired) electrons. The van der Waals surface area contributed by atoms with Crippen molar-refractivity contribution in [3.05, 3.63) is 23.8 Å². The minimum atomic E-state index is -0.196. The normalized spacial score (nSPS) is 9.82. The van der Waals surface area contributed by atoms with Crippen LogP contribution in [0.1, 0.15) is 30.1 Å². The maximum Gasteiger partial charge on any atom is 0.170 e. The van der Waals surface area contributed by atoms with Crippen LogP contribution in [0.5, 0.6) is 11.5 Å². The summed E-state index contributed by atoms with van der Waals surface area (Å²) in [5.74, 6) is 0.788. The van der Waals surface area contributed by atoms with Gasteiger partial charge in [-0.1, -0.05) is 6.92 Å². The Balaban J connectivity index is 2.92. The molecule has 0 saturated heterocycles. The summed E-state index contributed by atoms with van der Waals surface area (Å²) in [6.45, 7) is 1.74. The first kappa shape index (κ1) is 13.2. The maximum absolute atomic E-state index is 11.8. The second-order valence-electron chi connectivity index (χ2n) is 3.56. The molecule has 1 rings (SSSR count). The van der Waals surface area contributed by atoms with E-state index in [9.17, 15) is 9.59 Å². The van der Waals surface area contributed by atoms with Crippen LogP contribution in [0, 0.1) is 0 Å². The fourth-order valence-corrected chi connectivity index (χ4v) is 1.42. The number of methoxy groups -OCH3 is 2. The van der Waals surface area contributed by atoms with E-state index in [1.165, 1.54) is 14.2 Å². The van der Waals surface area contributed by atoms with Crippen LogP contribution in [0.25, 0.3) is 0 Å². The fourth-order valence-electron chi connectivity index (χ4n) is 1.42. The molecular weight excluding hydrogens is 220 g/mol. The predicted molar refractivity (Wildman–Crippen MR) is 63.8 cm³/mol. The third-order valence-corrected chi connectivity index (χ3v) is 2.46. The van der Waals surface area contributed by atoms with Gasteiger partial charge in [-0.25, -0.2) is 0 Å². The fraction of sp³-hybridized carbons (Fsp3) is 0.385. The molecule has 1 aromatic carbocycles. The molecule has 0 amide bonds. The van der Waals surface area contributed by atoms with Crippen molar-refractivity contribution in [1.29, 1.82) is 0 Å². The van der Waals surface area contributed by atoms with Crippen molar-refractivity contribution in [2.45, 2.75) is 19.8 Å². The lowest BCUT2D eigenvalue weighted by molar-refractivity contribution is -0.117. The Morgan fingerprint density at radius 1 is 1.12 bits per heavy atom. The van der Waals surface area contributed by atoms with Crippen LogP contribution in [0.2, 0.25) is 0 Å². The minimum absolute atomic E-state index is 0.0635. The summed E-state index contributed by atoms with van der Waals surface area (Å²) in [4.78, 5) is 23.0. The summed E-state index contributed by atoms with van der Waals surface area (Å²) in [5.41, 5.74) is 0.462. The molecule has 0 atom stereocenters. The quantitative estimate of drug-likeness (QED) is 0.561. The van der Waals surface area contributed by atoms with Gasteiger partial charge in [0.25, 0.3) is 0 Å². The Bertz CT molecular complexity index is 423. The van der Waals surface area contributed by atoms with E-state index < -0.39 is 0 Å². The van der Waals surface area contributed by atoms with Crippen molar-refractivity contribution < 1.29 is 19.1 Å². The lowest BCUT2D eigenvalue weighted by Crippen LogP contribution is -2.07. The molecule has 17 heavy (non-hydrogen) atoms. The second-order valence-corrected chi connectivity index (χ2v) is 3.56. The molecule has 4 heteroatoms. The van der Waals surface area contributed by atoms with Gasteiger partial charge in [-0.05, 0) is 18.2 Å². The summed E-state index contributed by atoms with van der Waals surface area (Å²) in [6, 6.07) is 4.87. The highest BCUT2D eigenvalue weighted by Crippen LogP contribution is 2.27. The molecule has 0 saturated carbocycles. The summed E-state index contributed by atoms with van der Waals surface area (Å²) >= 11 is 0. The van der Waals surface area contributed by atoms with Crippen LogP contribution >= 0.6 is 0 Å². The maximum atomic E-state index is 11.8. The molecule has 92 valence electrons. The number of carbonyl (C=O) groups excluding carboxylic acids is 2. The topological polar surface area (TPSA) is 52.6 Å². The Morgan fingerprint density at radius 2 is 1.76 bits per heavy atom. The summed E-state index contributed by atoms with van der Waals surface area (Å²) in [7, 11) is 3.03. The van der Waals surface area contributed by atoms with Gasteiger partial charge in [0.05, 0.1) is 20.6 Å². The molecule has 4 nitrogen and oxygen atoms in total. The van der Waals surface area contributed by atoms with Gasteiger partial charge < -0.3 is 9.47 Å². The van der Waals surface area contributed by atoms with Crippen molar-refractivity contribution in [3.63, 3.8) is 0 Å². The average Bonchev–Trinajstić information content (AvgIpc) is 2.37. The molecule has 1 aromatic rings. The molecule has 0 N–H and O–H groups in total. The number of ketones is 2. The lowest BCUT2D eigenvalue weighted by atomic mass is 10.0. The molecule has 0 bridgehead atoms. The molecule has 0 unspecified atom stereocenters. The van der Waals surface area contributed by atoms with Crippen molar-refractivity contribution in [2.24, 2.45) is 0 Å². The average molecular weight is 236 g/mol. The van der Waals surface area contributed by atoms with Crippen molar-refractivity contribution in [3.8, 4) is 11.5 Å². The standard InChI is InChI=1S/C13H16O4/c1-4-10(14)8-11(15)9-5-6-12(16-2)13(7-9)17-3/h5-7H,4,8H2,1-3H3. The molecule has 0 aliphatic heterocycles. The van der Waals surface area contributed by atoms with E-state index in [0.29, 0.717) is 23.5 Å². The zero-order valence-corrected chi connectivity index (χ0v) is 10.3. The van der Waals surface area contributed by atoms with Gasteiger partial charge in [0, 0.05) is 12.0 Å². The Morgan fingerprint density at radius 3 is 2.29 bits per heavy atom. The smallest absolute Gasteiger partial charge is 0.170 e. The van der Waals surface area contributed by atoms with Crippen LogP contribution in [0.15, 0.2) is 18.2 Å². The third kappa shape index (κ3) is 3.31. The highest BCUT2D eigenvalue weighted by Gasteiger charge is 2.13. The number of Topliss-reactive ketones (excluding diaryl/α,β-unsaturated/α-hetero) is 2. The van der Waals surface area contributed by atoms with Gasteiger partial charge in [0.15, 0.2) is 17.3 Å². The lowest BCUT2D eigenvalue weighted by Gasteiger charge is -2.08. The zero-order valence-electron chi connectivity index (χ0n) is 10.3. The summed E-state index contributed by atoms with van der Waals surface area (Å²) in [6.07, 6.45) is 0.311. The van der Waals surface area contributed by atoms with Crippen LogP contribution in [-0.2, 0) is 4.79 Å². The van der Waals surface area contributed by atoms with Crippen LogP contribution in [0.3, 0.4) is 0 Å². The van der Waals surface area contributed by atoms with E-state index in [1.54, 1.807) is 25.1 Å². The van der Waals surface area contributed by atoms with Crippen LogP contribution < -0.4 is 9.47 Å². The van der Waals surface area contributed by atoms with Gasteiger partial charge in [0.2, 0.25) is 0 Å². The molecule has 0 aliphatic rings. The second kappa shape index (κ2) is 6.03. The Labute approximate surface area is 101 Å². The van der Waals surface area contributed by atoms with Crippen LogP contribution in [-0.4, -0.2) is 25.8 Å². The molecule has 0 heterocycles. The largest absolute Gasteiger partial charge is 0.493 e. The number of hydrogen-bond donors (Lipinski definition) is 0. The first-order valence-corrected chi connectivity index (χ1v) is 5.39. The van der Waals surface area contributed by atoms with E-state index in [1.807, 2.05) is 0 Å². The zero-order chi connectivity index (χ0) is 12.8. The first-order chi connectivity index (χ1) is 8.12. The minimum Gasteiger partial charge on any atom is -0.493 e. The van der Waals surface area contributed by atoms with E-state index >= 15 is 0 Å². The van der Waals surface area contributed by atoms with E-state index in [-0.39, 0.29) is 18.0 Å². The van der Waals surface area contributed by atoms with E-state index in [0.717, 1.165) is 0 Å². The monoisotopic (exact) mass is 236 g/mol. The van der Waals surface area contributed by atoms with E-state index in [2.05, 4.69) is 0 Å². The van der Waals surface area contributed by atoms with Crippen LogP contribution in [0.4, 0.5) is 0 Å². The highest BCUT2D eigenvalue weighted by molar-refractivity contribution is 6.08. The number of carbonyl (C=O) groups is 2. The predicted octanol–water partition coefficient (Wildman–Crippen LogP) is 2.26. The number of hydrogen-bond acceptors (Lipinski definition) is 4. The van der Waals surface area contributed by atoms with Gasteiger partial charge in [0.1, 0.15) is 5.78 Å². The number of ether oxygens (including phenoxy) is 2. The first-order valence-electron chi connectivity index (χ1n) is 5.39. The Hall–Kier alpha value is -1.84. The molecule has 0 aliphatic carbocycles. The van der Waals surface area contributed by atoms with Gasteiger partial charge >= 0.3 is 0 Å². The van der Waals surface area contributed by atoms with Crippen molar-refractivity contribution in [1.82, 2.24) is 0 Å². The summed E-state index contributed by atoms with van der Waals surface area (Å²) in [5, 5.41) is 0. The SMILES string of the molecule is CCC(=O)CC(=O)c1ccc(OC)c(OC)c1. The molecule has 0 aromatic heterocycles. The van der Waals surface area contributed by atoms with Gasteiger partial charge in [-0.2, -0.15) is 0 Å².